The minimum Gasteiger partial charge on any atom is -0.461 e. The number of carbonyl (C=O) groups is 2. The summed E-state index contributed by atoms with van der Waals surface area (Å²) in [6.45, 7) is 14.7. The molecule has 140 valence electrons. The molecule has 0 amide bonds. The van der Waals surface area contributed by atoms with E-state index in [-0.39, 0.29) is 40.2 Å². The first kappa shape index (κ1) is 18.7. The van der Waals surface area contributed by atoms with Gasteiger partial charge in [0.1, 0.15) is 11.9 Å². The summed E-state index contributed by atoms with van der Waals surface area (Å²) >= 11 is 0. The third kappa shape index (κ3) is 2.52. The minimum atomic E-state index is -0.243. The van der Waals surface area contributed by atoms with Gasteiger partial charge in [-0.15, -0.1) is 6.58 Å². The fraction of sp³-hybridized carbons (Fsp3) is 0.818. The van der Waals surface area contributed by atoms with Crippen molar-refractivity contribution in [3.8, 4) is 0 Å². The Bertz CT molecular complexity index is 596. The maximum atomic E-state index is 13.0. The minimum absolute atomic E-state index is 0.0247. The van der Waals surface area contributed by atoms with Crippen LogP contribution in [0.2, 0.25) is 0 Å². The molecule has 0 aromatic rings. The zero-order chi connectivity index (χ0) is 18.6. The molecule has 2 bridgehead atoms. The van der Waals surface area contributed by atoms with Crippen LogP contribution in [0, 0.1) is 34.0 Å². The number of ketones is 1. The van der Waals surface area contributed by atoms with Crippen LogP contribution in [0.1, 0.15) is 73.1 Å². The molecule has 25 heavy (non-hydrogen) atoms. The summed E-state index contributed by atoms with van der Waals surface area (Å²) in [6, 6.07) is 0. The molecular formula is C22H34O3. The van der Waals surface area contributed by atoms with Crippen molar-refractivity contribution in [2.45, 2.75) is 79.2 Å². The monoisotopic (exact) mass is 346 g/mol. The highest BCUT2D eigenvalue weighted by Crippen LogP contribution is 2.67. The lowest BCUT2D eigenvalue weighted by Gasteiger charge is -2.60. The standard InChI is InChI=1S/C22H34O3/c1-7-20(5)12-13-21(6)14(2)8-10-22(11-9-17(24)18(21)22)15(3)19(20)25-16(4)23/h7,14-15,18-19H,1,8-13H2,2-6H3/t14?,15-,18-,19-,20+,21+,22-/m0/s1. The van der Waals surface area contributed by atoms with E-state index in [2.05, 4.69) is 34.3 Å². The molecule has 7 atom stereocenters. The van der Waals surface area contributed by atoms with Crippen LogP contribution in [-0.4, -0.2) is 17.9 Å². The van der Waals surface area contributed by atoms with Crippen molar-refractivity contribution < 1.29 is 14.3 Å². The van der Waals surface area contributed by atoms with Crippen LogP contribution < -0.4 is 0 Å². The van der Waals surface area contributed by atoms with E-state index in [1.54, 1.807) is 0 Å². The molecule has 0 heterocycles. The Kier molecular flexibility index (Phi) is 4.45. The van der Waals surface area contributed by atoms with Gasteiger partial charge in [-0.25, -0.2) is 0 Å². The molecule has 0 radical (unpaired) electrons. The SMILES string of the molecule is C=C[C@]1(C)CC[C@]2(C)C(C)CC[C@]3(CCC(=O)[C@H]32)[C@@H](C)[C@@H]1OC(C)=O. The van der Waals surface area contributed by atoms with Gasteiger partial charge in [-0.1, -0.05) is 33.8 Å². The predicted octanol–water partition coefficient (Wildman–Crippen LogP) is 4.94. The van der Waals surface area contributed by atoms with Crippen LogP contribution in [0.3, 0.4) is 0 Å². The van der Waals surface area contributed by atoms with Crippen molar-refractivity contribution in [3.63, 3.8) is 0 Å². The summed E-state index contributed by atoms with van der Waals surface area (Å²) < 4.78 is 5.91. The highest BCUT2D eigenvalue weighted by Gasteiger charge is 2.65. The van der Waals surface area contributed by atoms with Crippen molar-refractivity contribution in [1.29, 1.82) is 0 Å². The van der Waals surface area contributed by atoms with E-state index < -0.39 is 0 Å². The number of Topliss-reactive ketones (excluding diaryl/α,β-unsaturated/α-hetero) is 1. The van der Waals surface area contributed by atoms with Gasteiger partial charge in [-0.05, 0) is 48.9 Å². The average Bonchev–Trinajstić information content (AvgIpc) is 2.92. The van der Waals surface area contributed by atoms with Gasteiger partial charge < -0.3 is 4.74 Å². The van der Waals surface area contributed by atoms with Crippen molar-refractivity contribution in [3.05, 3.63) is 12.7 Å². The van der Waals surface area contributed by atoms with Gasteiger partial charge in [0, 0.05) is 30.6 Å². The first-order valence-electron chi connectivity index (χ1n) is 9.94. The Morgan fingerprint density at radius 2 is 1.88 bits per heavy atom. The van der Waals surface area contributed by atoms with E-state index in [1.807, 2.05) is 6.08 Å². The number of hydrogen-bond acceptors (Lipinski definition) is 3. The normalized spacial score (nSPS) is 49.7. The summed E-state index contributed by atoms with van der Waals surface area (Å²) in [5, 5.41) is 0. The lowest BCUT2D eigenvalue weighted by atomic mass is 9.44. The summed E-state index contributed by atoms with van der Waals surface area (Å²) in [7, 11) is 0. The Balaban J connectivity index is 2.15. The van der Waals surface area contributed by atoms with Gasteiger partial charge in [0.05, 0.1) is 0 Å². The van der Waals surface area contributed by atoms with Gasteiger partial charge in [-0.2, -0.15) is 0 Å². The molecule has 0 aromatic heterocycles. The quantitative estimate of drug-likeness (QED) is 0.525. The van der Waals surface area contributed by atoms with Gasteiger partial charge in [0.2, 0.25) is 0 Å². The maximum absolute atomic E-state index is 13.0. The lowest BCUT2D eigenvalue weighted by Crippen LogP contribution is -2.58. The van der Waals surface area contributed by atoms with E-state index in [4.69, 9.17) is 4.74 Å². The van der Waals surface area contributed by atoms with Crippen LogP contribution in [0.4, 0.5) is 0 Å². The molecular weight excluding hydrogens is 312 g/mol. The molecule has 0 saturated heterocycles. The molecule has 0 aromatic carbocycles. The highest BCUT2D eigenvalue weighted by molar-refractivity contribution is 5.85. The van der Waals surface area contributed by atoms with Crippen molar-refractivity contribution in [1.82, 2.24) is 0 Å². The smallest absolute Gasteiger partial charge is 0.302 e. The first-order valence-corrected chi connectivity index (χ1v) is 9.94. The van der Waals surface area contributed by atoms with E-state index in [9.17, 15) is 9.59 Å². The number of rotatable bonds is 2. The summed E-state index contributed by atoms with van der Waals surface area (Å²) in [4.78, 5) is 24.9. The van der Waals surface area contributed by atoms with Crippen LogP contribution >= 0.6 is 0 Å². The second-order valence-corrected chi connectivity index (χ2v) is 9.61. The van der Waals surface area contributed by atoms with Gasteiger partial charge in [0.15, 0.2) is 0 Å². The number of ether oxygens (including phenoxy) is 1. The Morgan fingerprint density at radius 3 is 2.48 bits per heavy atom. The largest absolute Gasteiger partial charge is 0.461 e. The third-order valence-corrected chi connectivity index (χ3v) is 8.53. The summed E-state index contributed by atoms with van der Waals surface area (Å²) in [5.41, 5.74) is -0.221. The van der Waals surface area contributed by atoms with Crippen LogP contribution in [0.15, 0.2) is 12.7 Å². The molecule has 3 heteroatoms. The molecule has 3 aliphatic rings. The van der Waals surface area contributed by atoms with Crippen LogP contribution in [0.5, 0.6) is 0 Å². The number of esters is 1. The number of hydrogen-bond donors (Lipinski definition) is 0. The fourth-order valence-corrected chi connectivity index (χ4v) is 6.65. The van der Waals surface area contributed by atoms with E-state index in [0.29, 0.717) is 18.1 Å². The molecule has 3 aliphatic carbocycles. The van der Waals surface area contributed by atoms with Crippen molar-refractivity contribution >= 4 is 11.8 Å². The lowest BCUT2D eigenvalue weighted by molar-refractivity contribution is -0.180. The van der Waals surface area contributed by atoms with Gasteiger partial charge in [0.25, 0.3) is 0 Å². The molecule has 3 saturated carbocycles. The summed E-state index contributed by atoms with van der Waals surface area (Å²) in [6.07, 6.45) is 7.59. The van der Waals surface area contributed by atoms with E-state index >= 15 is 0 Å². The molecule has 0 spiro atoms. The molecule has 0 aliphatic heterocycles. The summed E-state index contributed by atoms with van der Waals surface area (Å²) in [5.74, 6) is 1.06. The van der Waals surface area contributed by atoms with Crippen LogP contribution in [0.25, 0.3) is 0 Å². The topological polar surface area (TPSA) is 43.4 Å². The maximum Gasteiger partial charge on any atom is 0.302 e. The Morgan fingerprint density at radius 1 is 1.20 bits per heavy atom. The van der Waals surface area contributed by atoms with E-state index in [1.165, 1.54) is 13.3 Å². The van der Waals surface area contributed by atoms with Crippen molar-refractivity contribution in [2.24, 2.45) is 34.0 Å². The molecule has 3 nitrogen and oxygen atoms in total. The van der Waals surface area contributed by atoms with Gasteiger partial charge in [-0.3, -0.25) is 9.59 Å². The third-order valence-electron chi connectivity index (χ3n) is 8.53. The Labute approximate surface area is 152 Å². The molecule has 1 unspecified atom stereocenters. The highest BCUT2D eigenvalue weighted by atomic mass is 16.5. The molecule has 3 rings (SSSR count). The molecule has 0 N–H and O–H groups in total. The second-order valence-electron chi connectivity index (χ2n) is 9.61. The predicted molar refractivity (Wildman–Crippen MR) is 98.9 cm³/mol. The van der Waals surface area contributed by atoms with E-state index in [0.717, 1.165) is 25.7 Å². The van der Waals surface area contributed by atoms with Crippen LogP contribution in [-0.2, 0) is 14.3 Å². The first-order chi connectivity index (χ1) is 11.6. The number of carbonyl (C=O) groups excluding carboxylic acids is 2. The zero-order valence-electron chi connectivity index (χ0n) is 16.6. The Hall–Kier alpha value is -1.12. The zero-order valence-corrected chi connectivity index (χ0v) is 16.6. The van der Waals surface area contributed by atoms with Gasteiger partial charge >= 0.3 is 5.97 Å². The molecule has 3 fully saturated rings. The second kappa shape index (κ2) is 5.96. The average molecular weight is 347 g/mol. The fourth-order valence-electron chi connectivity index (χ4n) is 6.65. The van der Waals surface area contributed by atoms with Crippen molar-refractivity contribution in [2.75, 3.05) is 0 Å².